The molecule has 28 heavy (non-hydrogen) atoms. The van der Waals surface area contributed by atoms with Crippen LogP contribution in [0, 0.1) is 0 Å². The number of aryl methyl sites for hydroxylation is 1. The van der Waals surface area contributed by atoms with Gasteiger partial charge in [-0.1, -0.05) is 48.5 Å². The summed E-state index contributed by atoms with van der Waals surface area (Å²) in [4.78, 5) is 37.3. The molecule has 1 aliphatic heterocycles. The molecule has 1 heterocycles. The standard InChI is InChI=1S/C19H16F3N3O3/c20-19(21,22)18(23-15(26)12-11-13-7-3-1-4-8-13)16(27)25(17(28)24-18)14-9-5-2-6-10-14/h1-10H,11-12H2,(H,23,26)(H,24,28). The minimum Gasteiger partial charge on any atom is -0.318 e. The molecule has 1 unspecified atom stereocenters. The summed E-state index contributed by atoms with van der Waals surface area (Å²) in [6, 6.07) is 14.6. The Balaban J connectivity index is 1.82. The number of nitrogens with zero attached hydrogens (tertiary/aromatic N) is 1. The third-order valence-electron chi connectivity index (χ3n) is 4.27. The van der Waals surface area contributed by atoms with Crippen LogP contribution in [0.5, 0.6) is 0 Å². The maximum Gasteiger partial charge on any atom is 0.440 e. The van der Waals surface area contributed by atoms with E-state index in [0.29, 0.717) is 4.90 Å². The summed E-state index contributed by atoms with van der Waals surface area (Å²) >= 11 is 0. The van der Waals surface area contributed by atoms with Crippen molar-refractivity contribution in [1.29, 1.82) is 0 Å². The predicted molar refractivity (Wildman–Crippen MR) is 94.2 cm³/mol. The monoisotopic (exact) mass is 391 g/mol. The lowest BCUT2D eigenvalue weighted by molar-refractivity contribution is -0.201. The lowest BCUT2D eigenvalue weighted by Crippen LogP contribution is -2.69. The van der Waals surface area contributed by atoms with Gasteiger partial charge in [0.2, 0.25) is 5.91 Å². The molecule has 3 rings (SSSR count). The van der Waals surface area contributed by atoms with Crippen molar-refractivity contribution in [1.82, 2.24) is 10.6 Å². The number of amides is 4. The molecule has 2 N–H and O–H groups in total. The van der Waals surface area contributed by atoms with Crippen molar-refractivity contribution >= 4 is 23.5 Å². The van der Waals surface area contributed by atoms with E-state index in [1.807, 2.05) is 0 Å². The Labute approximate surface area is 158 Å². The highest BCUT2D eigenvalue weighted by Crippen LogP contribution is 2.35. The Hall–Kier alpha value is -3.36. The van der Waals surface area contributed by atoms with Gasteiger partial charge in [0.15, 0.2) is 0 Å². The predicted octanol–water partition coefficient (Wildman–Crippen LogP) is 2.75. The Bertz CT molecular complexity index is 888. The Morgan fingerprint density at radius 1 is 1.00 bits per heavy atom. The van der Waals surface area contributed by atoms with E-state index in [4.69, 9.17) is 0 Å². The van der Waals surface area contributed by atoms with Gasteiger partial charge < -0.3 is 5.32 Å². The molecule has 9 heteroatoms. The fourth-order valence-electron chi connectivity index (χ4n) is 2.86. The number of imide groups is 1. The highest BCUT2D eigenvalue weighted by Gasteiger charge is 2.69. The molecule has 146 valence electrons. The van der Waals surface area contributed by atoms with Crippen LogP contribution in [-0.4, -0.2) is 29.7 Å². The molecule has 1 aliphatic rings. The number of rotatable bonds is 5. The summed E-state index contributed by atoms with van der Waals surface area (Å²) < 4.78 is 41.3. The summed E-state index contributed by atoms with van der Waals surface area (Å²) in [6.07, 6.45) is -5.33. The number of anilines is 1. The molecule has 6 nitrogen and oxygen atoms in total. The zero-order valence-electron chi connectivity index (χ0n) is 14.5. The Kier molecular flexibility index (Phi) is 5.08. The average molecular weight is 391 g/mol. The lowest BCUT2D eigenvalue weighted by atomic mass is 10.1. The quantitative estimate of drug-likeness (QED) is 0.770. The van der Waals surface area contributed by atoms with Crippen LogP contribution in [0.2, 0.25) is 0 Å². The molecule has 0 radical (unpaired) electrons. The lowest BCUT2D eigenvalue weighted by Gasteiger charge is -2.29. The number of para-hydroxylation sites is 1. The summed E-state index contributed by atoms with van der Waals surface area (Å²) in [6.45, 7) is 0. The van der Waals surface area contributed by atoms with Gasteiger partial charge in [0.25, 0.3) is 11.6 Å². The van der Waals surface area contributed by atoms with Gasteiger partial charge in [0.1, 0.15) is 0 Å². The van der Waals surface area contributed by atoms with E-state index < -0.39 is 29.7 Å². The van der Waals surface area contributed by atoms with E-state index in [2.05, 4.69) is 0 Å². The molecule has 0 saturated carbocycles. The third-order valence-corrected chi connectivity index (χ3v) is 4.27. The molecular formula is C19H16F3N3O3. The molecular weight excluding hydrogens is 375 g/mol. The van der Waals surface area contributed by atoms with Crippen molar-refractivity contribution in [2.45, 2.75) is 24.7 Å². The van der Waals surface area contributed by atoms with Gasteiger partial charge in [-0.2, -0.15) is 13.2 Å². The van der Waals surface area contributed by atoms with E-state index in [-0.39, 0.29) is 18.5 Å². The fraction of sp³-hybridized carbons (Fsp3) is 0.211. The van der Waals surface area contributed by atoms with Gasteiger partial charge in [0.05, 0.1) is 5.69 Å². The average Bonchev–Trinajstić information content (AvgIpc) is 2.92. The number of hydrogen-bond acceptors (Lipinski definition) is 3. The zero-order valence-corrected chi connectivity index (χ0v) is 14.5. The van der Waals surface area contributed by atoms with Gasteiger partial charge in [-0.05, 0) is 24.1 Å². The van der Waals surface area contributed by atoms with Crippen LogP contribution in [0.1, 0.15) is 12.0 Å². The van der Waals surface area contributed by atoms with Crippen molar-refractivity contribution in [3.63, 3.8) is 0 Å². The van der Waals surface area contributed by atoms with Crippen LogP contribution in [0.3, 0.4) is 0 Å². The summed E-state index contributed by atoms with van der Waals surface area (Å²) in [5.41, 5.74) is -2.78. The van der Waals surface area contributed by atoms with Crippen molar-refractivity contribution < 1.29 is 27.6 Å². The topological polar surface area (TPSA) is 78.5 Å². The molecule has 0 aromatic heterocycles. The fourth-order valence-corrected chi connectivity index (χ4v) is 2.86. The zero-order chi connectivity index (χ0) is 20.4. The number of halogens is 3. The number of hydrogen-bond donors (Lipinski definition) is 2. The van der Waals surface area contributed by atoms with Crippen molar-refractivity contribution in [2.24, 2.45) is 0 Å². The molecule has 0 spiro atoms. The van der Waals surface area contributed by atoms with Crippen molar-refractivity contribution in [2.75, 3.05) is 4.90 Å². The van der Waals surface area contributed by atoms with E-state index in [1.165, 1.54) is 24.3 Å². The molecule has 2 aromatic carbocycles. The van der Waals surface area contributed by atoms with E-state index >= 15 is 0 Å². The molecule has 2 aromatic rings. The maximum atomic E-state index is 13.8. The Morgan fingerprint density at radius 3 is 2.14 bits per heavy atom. The number of urea groups is 1. The molecule has 1 saturated heterocycles. The van der Waals surface area contributed by atoms with E-state index in [0.717, 1.165) is 5.56 Å². The van der Waals surface area contributed by atoms with Crippen LogP contribution < -0.4 is 15.5 Å². The highest BCUT2D eigenvalue weighted by atomic mass is 19.4. The first kappa shape index (κ1) is 19.4. The number of alkyl halides is 3. The first-order valence-corrected chi connectivity index (χ1v) is 8.38. The number of nitrogens with one attached hydrogen (secondary N) is 2. The molecule has 1 fully saturated rings. The summed E-state index contributed by atoms with van der Waals surface area (Å²) in [5, 5.41) is 3.31. The SMILES string of the molecule is O=C(CCc1ccccc1)NC1(C(F)(F)F)NC(=O)N(c2ccccc2)C1=O. The normalized spacial score (nSPS) is 19.5. The van der Waals surface area contributed by atoms with Crippen molar-refractivity contribution in [3.05, 3.63) is 66.2 Å². The second kappa shape index (κ2) is 7.34. The molecule has 0 bridgehead atoms. The van der Waals surface area contributed by atoms with Gasteiger partial charge in [-0.15, -0.1) is 0 Å². The van der Waals surface area contributed by atoms with Crippen LogP contribution in [-0.2, 0) is 16.0 Å². The van der Waals surface area contributed by atoms with Gasteiger partial charge in [-0.3, -0.25) is 14.9 Å². The molecule has 0 aliphatic carbocycles. The second-order valence-corrected chi connectivity index (χ2v) is 6.19. The second-order valence-electron chi connectivity index (χ2n) is 6.19. The first-order chi connectivity index (χ1) is 13.2. The van der Waals surface area contributed by atoms with Crippen LogP contribution in [0.25, 0.3) is 0 Å². The van der Waals surface area contributed by atoms with Gasteiger partial charge in [0, 0.05) is 6.42 Å². The van der Waals surface area contributed by atoms with Crippen LogP contribution in [0.4, 0.5) is 23.7 Å². The highest BCUT2D eigenvalue weighted by molar-refractivity contribution is 6.24. The minimum atomic E-state index is -5.23. The molecule has 4 amide bonds. The van der Waals surface area contributed by atoms with Crippen LogP contribution >= 0.6 is 0 Å². The maximum absolute atomic E-state index is 13.8. The third kappa shape index (κ3) is 3.55. The Morgan fingerprint density at radius 2 is 1.57 bits per heavy atom. The summed E-state index contributed by atoms with van der Waals surface area (Å²) in [7, 11) is 0. The number of benzene rings is 2. The molecule has 1 atom stereocenters. The first-order valence-electron chi connectivity index (χ1n) is 8.38. The minimum absolute atomic E-state index is 0.0327. The number of carbonyl (C=O) groups excluding carboxylic acids is 3. The van der Waals surface area contributed by atoms with Gasteiger partial charge >= 0.3 is 12.2 Å². The summed E-state index contributed by atoms with van der Waals surface area (Å²) in [5.74, 6) is -2.62. The van der Waals surface area contributed by atoms with E-state index in [9.17, 15) is 27.6 Å². The number of carbonyl (C=O) groups is 3. The smallest absolute Gasteiger partial charge is 0.318 e. The van der Waals surface area contributed by atoms with Crippen molar-refractivity contribution in [3.8, 4) is 0 Å². The van der Waals surface area contributed by atoms with Gasteiger partial charge in [-0.25, -0.2) is 9.69 Å². The van der Waals surface area contributed by atoms with E-state index in [1.54, 1.807) is 47.0 Å². The van der Waals surface area contributed by atoms with Crippen LogP contribution in [0.15, 0.2) is 60.7 Å². The largest absolute Gasteiger partial charge is 0.440 e.